The van der Waals surface area contributed by atoms with E-state index in [0.717, 1.165) is 6.07 Å². The van der Waals surface area contributed by atoms with Crippen LogP contribution in [0.4, 0.5) is 4.39 Å². The van der Waals surface area contributed by atoms with Gasteiger partial charge in [-0.2, -0.15) is 0 Å². The monoisotopic (exact) mass is 290 g/mol. The number of halogens is 1. The number of phenolic OH excluding ortho intramolecular Hbond substituents is 1. The van der Waals surface area contributed by atoms with Gasteiger partial charge in [-0.25, -0.2) is 14.2 Å². The van der Waals surface area contributed by atoms with Gasteiger partial charge in [-0.15, -0.1) is 0 Å². The number of aromatic carboxylic acids is 1. The molecule has 0 aliphatic carbocycles. The van der Waals surface area contributed by atoms with Crippen molar-refractivity contribution in [1.29, 1.82) is 0 Å². The summed E-state index contributed by atoms with van der Waals surface area (Å²) in [6, 6.07) is 6.04. The molecule has 3 N–H and O–H groups in total. The summed E-state index contributed by atoms with van der Waals surface area (Å²) in [5.74, 6) is -2.88. The maximum Gasteiger partial charge on any atom is 0.354 e. The Morgan fingerprint density at radius 1 is 1.24 bits per heavy atom. The standard InChI is InChI=1S/C14H11FN2O4/c15-11-5-9(18)2-3-10(11)13(19)17-7-8-1-4-12(14(20)21)16-6-8/h1-6,18H,7H2,(H,17,19)(H,20,21). The van der Waals surface area contributed by atoms with Gasteiger partial charge in [-0.3, -0.25) is 4.79 Å². The third-order valence-electron chi connectivity index (χ3n) is 2.69. The van der Waals surface area contributed by atoms with Crippen molar-refractivity contribution in [3.63, 3.8) is 0 Å². The Morgan fingerprint density at radius 3 is 2.57 bits per heavy atom. The first-order chi connectivity index (χ1) is 9.97. The van der Waals surface area contributed by atoms with Crippen molar-refractivity contribution >= 4 is 11.9 Å². The normalized spacial score (nSPS) is 10.1. The lowest BCUT2D eigenvalue weighted by atomic mass is 10.2. The molecule has 0 bridgehead atoms. The number of carboxylic acids is 1. The zero-order valence-corrected chi connectivity index (χ0v) is 10.7. The molecule has 1 aromatic heterocycles. The fraction of sp³-hybridized carbons (Fsp3) is 0.0714. The summed E-state index contributed by atoms with van der Waals surface area (Å²) >= 11 is 0. The number of aromatic nitrogens is 1. The number of nitrogens with zero attached hydrogens (tertiary/aromatic N) is 1. The number of nitrogens with one attached hydrogen (secondary N) is 1. The molecule has 1 aromatic carbocycles. The Labute approximate surface area is 118 Å². The quantitative estimate of drug-likeness (QED) is 0.793. The molecule has 0 atom stereocenters. The summed E-state index contributed by atoms with van der Waals surface area (Å²) in [6.45, 7) is 0.0754. The van der Waals surface area contributed by atoms with Gasteiger partial charge in [-0.05, 0) is 23.8 Å². The molecule has 7 heteroatoms. The van der Waals surface area contributed by atoms with Crippen LogP contribution in [0.2, 0.25) is 0 Å². The van der Waals surface area contributed by atoms with E-state index in [-0.39, 0.29) is 23.6 Å². The number of carbonyl (C=O) groups excluding carboxylic acids is 1. The lowest BCUT2D eigenvalue weighted by Gasteiger charge is -2.06. The van der Waals surface area contributed by atoms with Crippen LogP contribution in [0.25, 0.3) is 0 Å². The average Bonchev–Trinajstić information content (AvgIpc) is 2.45. The van der Waals surface area contributed by atoms with Crippen LogP contribution in [0.15, 0.2) is 36.5 Å². The van der Waals surface area contributed by atoms with Crippen molar-refractivity contribution < 1.29 is 24.2 Å². The zero-order chi connectivity index (χ0) is 15.4. The largest absolute Gasteiger partial charge is 0.508 e. The average molecular weight is 290 g/mol. The Kier molecular flexibility index (Phi) is 4.13. The van der Waals surface area contributed by atoms with Gasteiger partial charge in [0, 0.05) is 18.8 Å². The van der Waals surface area contributed by atoms with Gasteiger partial charge in [0.25, 0.3) is 5.91 Å². The molecule has 108 valence electrons. The van der Waals surface area contributed by atoms with Crippen LogP contribution in [0.1, 0.15) is 26.4 Å². The SMILES string of the molecule is O=C(O)c1ccc(CNC(=O)c2ccc(O)cc2F)cn1. The van der Waals surface area contributed by atoms with Crippen LogP contribution in [0.3, 0.4) is 0 Å². The number of carboxylic acid groups (broad SMARTS) is 1. The fourth-order valence-corrected chi connectivity index (χ4v) is 1.62. The number of phenols is 1. The lowest BCUT2D eigenvalue weighted by molar-refractivity contribution is 0.0690. The second-order valence-corrected chi connectivity index (χ2v) is 4.20. The second kappa shape index (κ2) is 6.00. The fourth-order valence-electron chi connectivity index (χ4n) is 1.62. The molecular formula is C14H11FN2O4. The van der Waals surface area contributed by atoms with E-state index in [1.165, 1.54) is 30.5 Å². The number of benzene rings is 1. The van der Waals surface area contributed by atoms with Gasteiger partial charge in [0.05, 0.1) is 5.56 Å². The Hall–Kier alpha value is -2.96. The minimum atomic E-state index is -1.14. The van der Waals surface area contributed by atoms with E-state index in [4.69, 9.17) is 10.2 Å². The van der Waals surface area contributed by atoms with E-state index < -0.39 is 17.7 Å². The summed E-state index contributed by atoms with van der Waals surface area (Å²) in [4.78, 5) is 26.1. The summed E-state index contributed by atoms with van der Waals surface area (Å²) in [5, 5.41) is 20.2. The van der Waals surface area contributed by atoms with Crippen molar-refractivity contribution in [1.82, 2.24) is 10.3 Å². The van der Waals surface area contributed by atoms with Crippen LogP contribution in [0, 0.1) is 5.82 Å². The summed E-state index contributed by atoms with van der Waals surface area (Å²) in [7, 11) is 0. The van der Waals surface area contributed by atoms with Gasteiger partial charge in [0.2, 0.25) is 0 Å². The van der Waals surface area contributed by atoms with Crippen molar-refractivity contribution in [2.24, 2.45) is 0 Å². The molecule has 2 aromatic rings. The molecule has 21 heavy (non-hydrogen) atoms. The molecule has 0 fully saturated rings. The Bertz CT molecular complexity index is 686. The predicted octanol–water partition coefficient (Wildman–Crippen LogP) is 1.55. The van der Waals surface area contributed by atoms with Crippen LogP contribution in [-0.2, 0) is 6.54 Å². The van der Waals surface area contributed by atoms with E-state index in [1.54, 1.807) is 0 Å². The second-order valence-electron chi connectivity index (χ2n) is 4.20. The first-order valence-electron chi connectivity index (χ1n) is 5.92. The number of hydrogen-bond acceptors (Lipinski definition) is 4. The molecule has 2 rings (SSSR count). The molecule has 0 unspecified atom stereocenters. The Morgan fingerprint density at radius 2 is 2.00 bits per heavy atom. The van der Waals surface area contributed by atoms with Gasteiger partial charge in [0.1, 0.15) is 17.3 Å². The van der Waals surface area contributed by atoms with Gasteiger partial charge >= 0.3 is 5.97 Å². The Balaban J connectivity index is 2.02. The van der Waals surface area contributed by atoms with Gasteiger partial charge in [-0.1, -0.05) is 6.07 Å². The maximum atomic E-state index is 13.5. The molecule has 0 aliphatic heterocycles. The molecule has 6 nitrogen and oxygen atoms in total. The van der Waals surface area contributed by atoms with E-state index in [2.05, 4.69) is 10.3 Å². The molecule has 0 saturated carbocycles. The number of hydrogen-bond donors (Lipinski definition) is 3. The molecule has 0 spiro atoms. The third-order valence-corrected chi connectivity index (χ3v) is 2.69. The van der Waals surface area contributed by atoms with Crippen molar-refractivity contribution in [2.45, 2.75) is 6.54 Å². The number of pyridine rings is 1. The molecule has 0 saturated heterocycles. The highest BCUT2D eigenvalue weighted by Gasteiger charge is 2.12. The highest BCUT2D eigenvalue weighted by atomic mass is 19.1. The highest BCUT2D eigenvalue weighted by Crippen LogP contribution is 2.15. The van der Waals surface area contributed by atoms with E-state index in [9.17, 15) is 14.0 Å². The first kappa shape index (κ1) is 14.4. The maximum absolute atomic E-state index is 13.5. The van der Waals surface area contributed by atoms with Gasteiger partial charge in [0.15, 0.2) is 0 Å². The summed E-state index contributed by atoms with van der Waals surface area (Å²) in [6.07, 6.45) is 1.32. The van der Waals surface area contributed by atoms with Crippen LogP contribution < -0.4 is 5.32 Å². The first-order valence-corrected chi connectivity index (χ1v) is 5.92. The number of carbonyl (C=O) groups is 2. The summed E-state index contributed by atoms with van der Waals surface area (Å²) < 4.78 is 13.5. The predicted molar refractivity (Wildman–Crippen MR) is 70.4 cm³/mol. The van der Waals surface area contributed by atoms with E-state index in [0.29, 0.717) is 5.56 Å². The summed E-state index contributed by atoms with van der Waals surface area (Å²) in [5.41, 5.74) is 0.283. The molecule has 0 radical (unpaired) electrons. The molecular weight excluding hydrogens is 279 g/mol. The van der Waals surface area contributed by atoms with Crippen molar-refractivity contribution in [3.8, 4) is 5.75 Å². The topological polar surface area (TPSA) is 99.5 Å². The van der Waals surface area contributed by atoms with E-state index in [1.807, 2.05) is 0 Å². The van der Waals surface area contributed by atoms with Crippen molar-refractivity contribution in [3.05, 3.63) is 59.2 Å². The molecule has 1 heterocycles. The lowest BCUT2D eigenvalue weighted by Crippen LogP contribution is -2.23. The van der Waals surface area contributed by atoms with Crippen LogP contribution in [-0.4, -0.2) is 27.1 Å². The van der Waals surface area contributed by atoms with Crippen molar-refractivity contribution in [2.75, 3.05) is 0 Å². The van der Waals surface area contributed by atoms with E-state index >= 15 is 0 Å². The highest BCUT2D eigenvalue weighted by molar-refractivity contribution is 5.94. The molecule has 0 aliphatic rings. The number of amides is 1. The number of aromatic hydroxyl groups is 1. The third kappa shape index (κ3) is 3.53. The van der Waals surface area contributed by atoms with Crippen LogP contribution in [0.5, 0.6) is 5.75 Å². The smallest absolute Gasteiger partial charge is 0.354 e. The van der Waals surface area contributed by atoms with Crippen LogP contribution >= 0.6 is 0 Å². The minimum Gasteiger partial charge on any atom is -0.508 e. The minimum absolute atomic E-state index is 0.0754. The van der Waals surface area contributed by atoms with Gasteiger partial charge < -0.3 is 15.5 Å². The zero-order valence-electron chi connectivity index (χ0n) is 10.7. The number of rotatable bonds is 4. The molecule has 1 amide bonds.